The molecular weight excluding hydrogens is 244 g/mol. The lowest BCUT2D eigenvalue weighted by molar-refractivity contribution is 0.0597. The van der Waals surface area contributed by atoms with Crippen molar-refractivity contribution in [2.24, 2.45) is 0 Å². The normalized spacial score (nSPS) is 10.0. The monoisotopic (exact) mass is 258 g/mol. The first kappa shape index (κ1) is 12.9. The van der Waals surface area contributed by atoms with Crippen LogP contribution < -0.4 is 10.5 Å². The molecule has 19 heavy (non-hydrogen) atoms. The third-order valence-corrected chi connectivity index (χ3v) is 2.55. The molecule has 1 aromatic heterocycles. The van der Waals surface area contributed by atoms with Crippen molar-refractivity contribution in [1.29, 1.82) is 0 Å². The molecule has 0 saturated heterocycles. The Morgan fingerprint density at radius 2 is 2.11 bits per heavy atom. The molecule has 0 fully saturated rings. The quantitative estimate of drug-likeness (QED) is 0.676. The number of nitrogens with two attached hydrogens (primary N) is 1. The van der Waals surface area contributed by atoms with Gasteiger partial charge in [0.1, 0.15) is 5.56 Å². The van der Waals surface area contributed by atoms with E-state index in [1.807, 2.05) is 13.0 Å². The second kappa shape index (κ2) is 5.39. The molecule has 0 radical (unpaired) electrons. The van der Waals surface area contributed by atoms with Gasteiger partial charge >= 0.3 is 5.97 Å². The van der Waals surface area contributed by atoms with Crippen LogP contribution in [0.2, 0.25) is 0 Å². The fourth-order valence-electron chi connectivity index (χ4n) is 1.60. The predicted octanol–water partition coefficient (Wildman–Crippen LogP) is 2.55. The molecule has 0 aliphatic carbocycles. The minimum atomic E-state index is -0.506. The molecular formula is C14H14N2O3. The number of nitrogen functional groups attached to an aromatic ring is 1. The smallest absolute Gasteiger partial charge is 0.343 e. The first-order chi connectivity index (χ1) is 9.11. The van der Waals surface area contributed by atoms with Gasteiger partial charge in [-0.05, 0) is 36.8 Å². The molecule has 2 N–H and O–H groups in total. The second-order valence-electron chi connectivity index (χ2n) is 3.99. The minimum Gasteiger partial charge on any atom is -0.465 e. The molecule has 0 saturated carbocycles. The van der Waals surface area contributed by atoms with E-state index in [2.05, 4.69) is 9.72 Å². The zero-order valence-electron chi connectivity index (χ0n) is 10.7. The van der Waals surface area contributed by atoms with Gasteiger partial charge in [0.05, 0.1) is 12.8 Å². The minimum absolute atomic E-state index is 0.171. The number of methoxy groups -OCH3 is 1. The predicted molar refractivity (Wildman–Crippen MR) is 71.2 cm³/mol. The number of benzene rings is 1. The summed E-state index contributed by atoms with van der Waals surface area (Å²) in [7, 11) is 1.30. The number of ether oxygens (including phenoxy) is 2. The zero-order valence-corrected chi connectivity index (χ0v) is 10.7. The van der Waals surface area contributed by atoms with Gasteiger partial charge in [0, 0.05) is 6.20 Å². The van der Waals surface area contributed by atoms with Gasteiger partial charge in [-0.1, -0.05) is 6.07 Å². The van der Waals surface area contributed by atoms with E-state index in [1.165, 1.54) is 13.3 Å². The summed E-state index contributed by atoms with van der Waals surface area (Å²) in [5.74, 6) is 0.119. The SMILES string of the molecule is COC(=O)c1cccnc1Oc1ccc(C)cc1N. The van der Waals surface area contributed by atoms with Crippen LogP contribution in [0.15, 0.2) is 36.5 Å². The molecule has 0 aliphatic heterocycles. The summed E-state index contributed by atoms with van der Waals surface area (Å²) in [6.45, 7) is 1.93. The zero-order chi connectivity index (χ0) is 13.8. The van der Waals surface area contributed by atoms with Crippen molar-refractivity contribution in [3.8, 4) is 11.6 Å². The number of hydrogen-bond donors (Lipinski definition) is 1. The fourth-order valence-corrected chi connectivity index (χ4v) is 1.60. The van der Waals surface area contributed by atoms with Gasteiger partial charge in [0.2, 0.25) is 5.88 Å². The van der Waals surface area contributed by atoms with Crippen LogP contribution in [0.25, 0.3) is 0 Å². The molecule has 1 heterocycles. The Hall–Kier alpha value is -2.56. The first-order valence-corrected chi connectivity index (χ1v) is 5.69. The van der Waals surface area contributed by atoms with Crippen molar-refractivity contribution in [2.75, 3.05) is 12.8 Å². The molecule has 5 heteroatoms. The number of rotatable bonds is 3. The highest BCUT2D eigenvalue weighted by Crippen LogP contribution is 2.29. The van der Waals surface area contributed by atoms with Crippen molar-refractivity contribution < 1.29 is 14.3 Å². The number of aromatic nitrogens is 1. The van der Waals surface area contributed by atoms with E-state index >= 15 is 0 Å². The molecule has 0 aliphatic rings. The van der Waals surface area contributed by atoms with E-state index in [-0.39, 0.29) is 11.4 Å². The number of anilines is 1. The van der Waals surface area contributed by atoms with Crippen LogP contribution in [0.3, 0.4) is 0 Å². The Balaban J connectivity index is 2.35. The van der Waals surface area contributed by atoms with Crippen LogP contribution in [0.5, 0.6) is 11.6 Å². The van der Waals surface area contributed by atoms with E-state index < -0.39 is 5.97 Å². The highest BCUT2D eigenvalue weighted by atomic mass is 16.5. The molecule has 98 valence electrons. The Labute approximate surface area is 111 Å². The lowest BCUT2D eigenvalue weighted by Crippen LogP contribution is -2.05. The summed E-state index contributed by atoms with van der Waals surface area (Å²) < 4.78 is 10.3. The number of hydrogen-bond acceptors (Lipinski definition) is 5. The van der Waals surface area contributed by atoms with E-state index in [0.717, 1.165) is 5.56 Å². The van der Waals surface area contributed by atoms with Gasteiger partial charge < -0.3 is 15.2 Å². The molecule has 1 aromatic carbocycles. The largest absolute Gasteiger partial charge is 0.465 e. The van der Waals surface area contributed by atoms with E-state index in [0.29, 0.717) is 11.4 Å². The maximum Gasteiger partial charge on any atom is 0.343 e. The first-order valence-electron chi connectivity index (χ1n) is 5.69. The third-order valence-electron chi connectivity index (χ3n) is 2.55. The lowest BCUT2D eigenvalue weighted by Gasteiger charge is -2.10. The summed E-state index contributed by atoms with van der Waals surface area (Å²) in [4.78, 5) is 15.6. The average Bonchev–Trinajstić information content (AvgIpc) is 2.41. The Morgan fingerprint density at radius 3 is 2.79 bits per heavy atom. The van der Waals surface area contributed by atoms with Gasteiger partial charge in [-0.25, -0.2) is 9.78 Å². The van der Waals surface area contributed by atoms with Gasteiger partial charge in [-0.15, -0.1) is 0 Å². The van der Waals surface area contributed by atoms with Gasteiger partial charge in [-0.3, -0.25) is 0 Å². The highest BCUT2D eigenvalue weighted by Gasteiger charge is 2.15. The van der Waals surface area contributed by atoms with Crippen molar-refractivity contribution in [1.82, 2.24) is 4.98 Å². The Morgan fingerprint density at radius 1 is 1.32 bits per heavy atom. The maximum atomic E-state index is 11.6. The van der Waals surface area contributed by atoms with Crippen LogP contribution in [0.4, 0.5) is 5.69 Å². The topological polar surface area (TPSA) is 74.4 Å². The van der Waals surface area contributed by atoms with Gasteiger partial charge in [0.25, 0.3) is 0 Å². The van der Waals surface area contributed by atoms with E-state index in [4.69, 9.17) is 10.5 Å². The van der Waals surface area contributed by atoms with Crippen LogP contribution in [0, 0.1) is 6.92 Å². The fraction of sp³-hybridized carbons (Fsp3) is 0.143. The third kappa shape index (κ3) is 2.82. The van der Waals surface area contributed by atoms with Crippen LogP contribution in [-0.2, 0) is 4.74 Å². The highest BCUT2D eigenvalue weighted by molar-refractivity contribution is 5.91. The molecule has 0 amide bonds. The molecule has 2 aromatic rings. The van der Waals surface area contributed by atoms with Crippen molar-refractivity contribution in [2.45, 2.75) is 6.92 Å². The average molecular weight is 258 g/mol. The number of pyridine rings is 1. The summed E-state index contributed by atoms with van der Waals surface area (Å²) in [5.41, 5.74) is 7.63. The maximum absolute atomic E-state index is 11.6. The Kier molecular flexibility index (Phi) is 3.66. The van der Waals surface area contributed by atoms with Crippen molar-refractivity contribution in [3.05, 3.63) is 47.7 Å². The number of esters is 1. The van der Waals surface area contributed by atoms with E-state index in [1.54, 1.807) is 24.3 Å². The number of carbonyl (C=O) groups excluding carboxylic acids is 1. The second-order valence-corrected chi connectivity index (χ2v) is 3.99. The van der Waals surface area contributed by atoms with Crippen LogP contribution in [-0.4, -0.2) is 18.1 Å². The summed E-state index contributed by atoms with van der Waals surface area (Å²) in [6, 6.07) is 8.61. The number of aryl methyl sites for hydroxylation is 1. The number of nitrogens with zero attached hydrogens (tertiary/aromatic N) is 1. The van der Waals surface area contributed by atoms with Crippen molar-refractivity contribution in [3.63, 3.8) is 0 Å². The molecule has 0 unspecified atom stereocenters. The molecule has 0 spiro atoms. The van der Waals surface area contributed by atoms with E-state index in [9.17, 15) is 4.79 Å². The number of carbonyl (C=O) groups is 1. The van der Waals surface area contributed by atoms with Gasteiger partial charge in [-0.2, -0.15) is 0 Å². The lowest BCUT2D eigenvalue weighted by atomic mass is 10.2. The Bertz CT molecular complexity index is 611. The summed E-state index contributed by atoms with van der Waals surface area (Å²) in [5, 5.41) is 0. The summed E-state index contributed by atoms with van der Waals surface area (Å²) in [6.07, 6.45) is 1.53. The standard InChI is InChI=1S/C14H14N2O3/c1-9-5-6-12(11(15)8-9)19-13-10(14(17)18-2)4-3-7-16-13/h3-8H,15H2,1-2H3. The molecule has 0 atom stereocenters. The van der Waals surface area contributed by atoms with Crippen molar-refractivity contribution >= 4 is 11.7 Å². The summed E-state index contributed by atoms with van der Waals surface area (Å²) >= 11 is 0. The molecule has 5 nitrogen and oxygen atoms in total. The molecule has 0 bridgehead atoms. The van der Waals surface area contributed by atoms with Gasteiger partial charge in [0.15, 0.2) is 5.75 Å². The van der Waals surface area contributed by atoms with Crippen LogP contribution >= 0.6 is 0 Å². The van der Waals surface area contributed by atoms with Crippen LogP contribution in [0.1, 0.15) is 15.9 Å². The molecule has 2 rings (SSSR count).